The number of nitrogens with zero attached hydrogens (tertiary/aromatic N) is 1. The summed E-state index contributed by atoms with van der Waals surface area (Å²) in [6.07, 6.45) is 2.68. The highest BCUT2D eigenvalue weighted by atomic mass is 35.5. The van der Waals surface area contributed by atoms with Gasteiger partial charge < -0.3 is 5.32 Å². The monoisotopic (exact) mass is 428 g/mol. The first kappa shape index (κ1) is 19.9. The zero-order valence-electron chi connectivity index (χ0n) is 15.8. The number of halogens is 1. The molecule has 1 N–H and O–H groups in total. The van der Waals surface area contributed by atoms with Crippen molar-refractivity contribution in [2.75, 3.05) is 18.4 Å². The van der Waals surface area contributed by atoms with Crippen LogP contribution < -0.4 is 5.32 Å². The minimum Gasteiger partial charge on any atom is -0.321 e. The summed E-state index contributed by atoms with van der Waals surface area (Å²) in [5.74, 6) is -0.381. The minimum atomic E-state index is -3.73. The number of hydrogen-bond donors (Lipinski definition) is 1. The molecule has 0 spiro atoms. The number of rotatable bonds is 4. The van der Waals surface area contributed by atoms with Crippen molar-refractivity contribution in [3.05, 3.63) is 71.2 Å². The van der Waals surface area contributed by atoms with E-state index < -0.39 is 10.0 Å². The van der Waals surface area contributed by atoms with Crippen molar-refractivity contribution in [3.8, 4) is 0 Å². The summed E-state index contributed by atoms with van der Waals surface area (Å²) in [7, 11) is -3.73. The molecule has 3 aromatic carbocycles. The Morgan fingerprint density at radius 2 is 1.66 bits per heavy atom. The third-order valence-corrected chi connectivity index (χ3v) is 7.54. The molecule has 1 aliphatic rings. The summed E-state index contributed by atoms with van der Waals surface area (Å²) in [6, 6.07) is 17.8. The molecule has 29 heavy (non-hydrogen) atoms. The van der Waals surface area contributed by atoms with E-state index >= 15 is 0 Å². The average molecular weight is 429 g/mol. The Morgan fingerprint density at radius 1 is 0.931 bits per heavy atom. The molecule has 1 aliphatic heterocycles. The van der Waals surface area contributed by atoms with Crippen LogP contribution in [0.5, 0.6) is 0 Å². The van der Waals surface area contributed by atoms with Gasteiger partial charge in [0, 0.05) is 29.7 Å². The van der Waals surface area contributed by atoms with Crippen molar-refractivity contribution in [1.29, 1.82) is 0 Å². The fraction of sp³-hybridized carbons (Fsp3) is 0.227. The van der Waals surface area contributed by atoms with Crippen LogP contribution in [0.3, 0.4) is 0 Å². The van der Waals surface area contributed by atoms with Gasteiger partial charge in [0.05, 0.1) is 5.02 Å². The van der Waals surface area contributed by atoms with E-state index in [-0.39, 0.29) is 21.4 Å². The number of carbonyl (C=O) groups excluding carboxylic acids is 1. The van der Waals surface area contributed by atoms with Crippen LogP contribution in [0.4, 0.5) is 5.69 Å². The molecule has 1 amide bonds. The van der Waals surface area contributed by atoms with Gasteiger partial charge >= 0.3 is 0 Å². The number of fused-ring (bicyclic) bond motifs is 1. The van der Waals surface area contributed by atoms with Gasteiger partial charge in [0.15, 0.2) is 0 Å². The van der Waals surface area contributed by atoms with Crippen LogP contribution in [0, 0.1) is 0 Å². The van der Waals surface area contributed by atoms with Gasteiger partial charge in [-0.3, -0.25) is 4.79 Å². The van der Waals surface area contributed by atoms with Crippen LogP contribution in [-0.4, -0.2) is 31.7 Å². The molecule has 3 aromatic rings. The van der Waals surface area contributed by atoms with E-state index in [0.717, 1.165) is 30.0 Å². The van der Waals surface area contributed by atoms with E-state index in [1.807, 2.05) is 42.5 Å². The Labute approximate surface area is 175 Å². The lowest BCUT2D eigenvalue weighted by molar-refractivity contribution is 0.102. The molecule has 0 aromatic heterocycles. The molecule has 1 saturated heterocycles. The lowest BCUT2D eigenvalue weighted by Gasteiger charge is -2.26. The van der Waals surface area contributed by atoms with Crippen LogP contribution >= 0.6 is 11.6 Å². The minimum absolute atomic E-state index is 0.0216. The van der Waals surface area contributed by atoms with E-state index in [2.05, 4.69) is 5.32 Å². The van der Waals surface area contributed by atoms with E-state index in [1.165, 1.54) is 22.5 Å². The van der Waals surface area contributed by atoms with E-state index in [4.69, 9.17) is 11.6 Å². The maximum atomic E-state index is 13.0. The second-order valence-electron chi connectivity index (χ2n) is 7.09. The molecular formula is C22H21ClN2O3S. The quantitative estimate of drug-likeness (QED) is 0.641. The standard InChI is InChI=1S/C22H21ClN2O3S/c23-19-12-11-17(15-21(19)29(27,28)25-13-4-1-5-14-25)22(26)24-20-10-6-8-16-7-2-3-9-18(16)20/h2-3,6-12,15H,1,4-5,13-14H2,(H,24,26). The van der Waals surface area contributed by atoms with Crippen LogP contribution in [0.25, 0.3) is 10.8 Å². The van der Waals surface area contributed by atoms with Gasteiger partial charge in [0.25, 0.3) is 5.91 Å². The third-order valence-electron chi connectivity index (χ3n) is 5.16. The summed E-state index contributed by atoms with van der Waals surface area (Å²) in [5.41, 5.74) is 0.918. The molecule has 0 bridgehead atoms. The predicted octanol–water partition coefficient (Wildman–Crippen LogP) is 4.92. The number of sulfonamides is 1. The number of anilines is 1. The largest absolute Gasteiger partial charge is 0.321 e. The smallest absolute Gasteiger partial charge is 0.255 e. The third kappa shape index (κ3) is 4.01. The fourth-order valence-corrected chi connectivity index (χ4v) is 5.63. The fourth-order valence-electron chi connectivity index (χ4n) is 3.62. The zero-order valence-corrected chi connectivity index (χ0v) is 17.3. The molecule has 0 atom stereocenters. The number of amides is 1. The Bertz CT molecular complexity index is 1170. The van der Waals surface area contributed by atoms with E-state index in [9.17, 15) is 13.2 Å². The number of nitrogens with one attached hydrogen (secondary N) is 1. The lowest BCUT2D eigenvalue weighted by Crippen LogP contribution is -2.35. The second-order valence-corrected chi connectivity index (χ2v) is 9.40. The molecule has 150 valence electrons. The van der Waals surface area contributed by atoms with Gasteiger partial charge in [-0.15, -0.1) is 0 Å². The maximum Gasteiger partial charge on any atom is 0.255 e. The number of hydrogen-bond acceptors (Lipinski definition) is 3. The van der Waals surface area contributed by atoms with Gasteiger partial charge in [0.2, 0.25) is 10.0 Å². The van der Waals surface area contributed by atoms with Crippen molar-refractivity contribution < 1.29 is 13.2 Å². The van der Waals surface area contributed by atoms with Gasteiger partial charge in [-0.1, -0.05) is 54.4 Å². The summed E-state index contributed by atoms with van der Waals surface area (Å²) in [6.45, 7) is 0.955. The molecule has 1 heterocycles. The predicted molar refractivity (Wildman–Crippen MR) is 116 cm³/mol. The first-order valence-electron chi connectivity index (χ1n) is 9.55. The molecule has 0 radical (unpaired) electrons. The highest BCUT2D eigenvalue weighted by molar-refractivity contribution is 7.89. The Balaban J connectivity index is 1.65. The highest BCUT2D eigenvalue weighted by Gasteiger charge is 2.28. The van der Waals surface area contributed by atoms with Crippen molar-refractivity contribution in [1.82, 2.24) is 4.31 Å². The van der Waals surface area contributed by atoms with Gasteiger partial charge in [-0.25, -0.2) is 8.42 Å². The van der Waals surface area contributed by atoms with Gasteiger partial charge in [-0.2, -0.15) is 4.31 Å². The molecule has 0 unspecified atom stereocenters. The molecule has 7 heteroatoms. The van der Waals surface area contributed by atoms with Crippen molar-refractivity contribution >= 4 is 44.0 Å². The molecular weight excluding hydrogens is 408 g/mol. The molecule has 0 saturated carbocycles. The Morgan fingerprint density at radius 3 is 2.45 bits per heavy atom. The summed E-state index contributed by atoms with van der Waals surface area (Å²) in [5, 5.41) is 4.94. The van der Waals surface area contributed by atoms with Crippen molar-refractivity contribution in [2.45, 2.75) is 24.2 Å². The first-order chi connectivity index (χ1) is 14.0. The van der Waals surface area contributed by atoms with Crippen molar-refractivity contribution in [3.63, 3.8) is 0 Å². The van der Waals surface area contributed by atoms with Crippen LogP contribution in [-0.2, 0) is 10.0 Å². The van der Waals surface area contributed by atoms with Crippen LogP contribution in [0.2, 0.25) is 5.02 Å². The summed E-state index contributed by atoms with van der Waals surface area (Å²) in [4.78, 5) is 12.8. The Kier molecular flexibility index (Phi) is 5.58. The van der Waals surface area contributed by atoms with E-state index in [1.54, 1.807) is 0 Å². The maximum absolute atomic E-state index is 13.0. The van der Waals surface area contributed by atoms with Crippen LogP contribution in [0.15, 0.2) is 65.6 Å². The highest BCUT2D eigenvalue weighted by Crippen LogP contribution is 2.29. The van der Waals surface area contributed by atoms with Crippen LogP contribution in [0.1, 0.15) is 29.6 Å². The number of benzene rings is 3. The lowest BCUT2D eigenvalue weighted by atomic mass is 10.1. The number of carbonyl (C=O) groups is 1. The Hall–Kier alpha value is -2.41. The zero-order chi connectivity index (χ0) is 20.4. The van der Waals surface area contributed by atoms with Crippen molar-refractivity contribution in [2.24, 2.45) is 0 Å². The van der Waals surface area contributed by atoms with Gasteiger partial charge in [-0.05, 0) is 42.5 Å². The van der Waals surface area contributed by atoms with E-state index in [0.29, 0.717) is 18.8 Å². The first-order valence-corrected chi connectivity index (χ1v) is 11.4. The molecule has 4 rings (SSSR count). The molecule has 1 fully saturated rings. The topological polar surface area (TPSA) is 66.5 Å². The summed E-state index contributed by atoms with van der Waals surface area (Å²) < 4.78 is 27.5. The molecule has 5 nitrogen and oxygen atoms in total. The number of piperidine rings is 1. The second kappa shape index (κ2) is 8.14. The SMILES string of the molecule is O=C(Nc1cccc2ccccc12)c1ccc(Cl)c(S(=O)(=O)N2CCCCC2)c1. The summed E-state index contributed by atoms with van der Waals surface area (Å²) >= 11 is 6.21. The molecule has 0 aliphatic carbocycles. The normalized spacial score (nSPS) is 15.3. The average Bonchev–Trinajstić information content (AvgIpc) is 2.75. The van der Waals surface area contributed by atoms with Gasteiger partial charge in [0.1, 0.15) is 4.90 Å².